The fourth-order valence-corrected chi connectivity index (χ4v) is 3.08. The zero-order valence-corrected chi connectivity index (χ0v) is 13.7. The predicted octanol–water partition coefficient (Wildman–Crippen LogP) is 4.46. The average molecular weight is 367 g/mol. The summed E-state index contributed by atoms with van der Waals surface area (Å²) >= 11 is 9.58. The maximum atomic E-state index is 11.5. The first-order chi connectivity index (χ1) is 10.0. The molecule has 0 N–H and O–H groups in total. The smallest absolute Gasteiger partial charge is 0.408 e. The van der Waals surface area contributed by atoms with Gasteiger partial charge in [0.15, 0.2) is 5.58 Å². The molecule has 0 aliphatic rings. The summed E-state index contributed by atoms with van der Waals surface area (Å²) in [7, 11) is 1.70. The van der Waals surface area contributed by atoms with E-state index in [9.17, 15) is 4.79 Å². The summed E-state index contributed by atoms with van der Waals surface area (Å²) in [4.78, 5) is 11.7. The average Bonchev–Trinajstić information content (AvgIpc) is 2.76. The number of halogens is 2. The van der Waals surface area contributed by atoms with E-state index in [0.717, 1.165) is 22.5 Å². The maximum Gasteiger partial charge on any atom is 0.419 e. The molecule has 0 radical (unpaired) electrons. The highest BCUT2D eigenvalue weighted by Crippen LogP contribution is 2.29. The Morgan fingerprint density at radius 1 is 1.24 bits per heavy atom. The van der Waals surface area contributed by atoms with Gasteiger partial charge in [-0.2, -0.15) is 0 Å². The number of aryl methyl sites for hydroxylation is 1. The maximum absolute atomic E-state index is 11.5. The monoisotopic (exact) mass is 365 g/mol. The third kappa shape index (κ3) is 2.92. The van der Waals surface area contributed by atoms with Gasteiger partial charge >= 0.3 is 5.76 Å². The SMILES string of the molecule is Cn1c(=O)oc2cc(C(Br)Cc3ccc(Cl)cc3)ccc21. The highest BCUT2D eigenvalue weighted by atomic mass is 79.9. The van der Waals surface area contributed by atoms with Crippen LogP contribution in [0, 0.1) is 0 Å². The van der Waals surface area contributed by atoms with Gasteiger partial charge in [0.1, 0.15) is 0 Å². The van der Waals surface area contributed by atoms with Crippen LogP contribution >= 0.6 is 27.5 Å². The zero-order chi connectivity index (χ0) is 15.0. The van der Waals surface area contributed by atoms with Crippen molar-refractivity contribution in [3.8, 4) is 0 Å². The molecule has 0 bridgehead atoms. The van der Waals surface area contributed by atoms with Crippen LogP contribution in [0.15, 0.2) is 51.7 Å². The van der Waals surface area contributed by atoms with E-state index in [1.54, 1.807) is 7.05 Å². The third-order valence-corrected chi connectivity index (χ3v) is 4.61. The van der Waals surface area contributed by atoms with Crippen LogP contribution in [0.25, 0.3) is 11.1 Å². The first-order valence-corrected chi connectivity index (χ1v) is 7.82. The second kappa shape index (κ2) is 5.70. The van der Waals surface area contributed by atoms with Crippen LogP contribution < -0.4 is 5.76 Å². The molecule has 3 rings (SSSR count). The van der Waals surface area contributed by atoms with Crippen molar-refractivity contribution in [2.75, 3.05) is 0 Å². The summed E-state index contributed by atoms with van der Waals surface area (Å²) in [6.07, 6.45) is 0.833. The Balaban J connectivity index is 1.89. The van der Waals surface area contributed by atoms with Gasteiger partial charge in [0.05, 0.1) is 5.52 Å². The van der Waals surface area contributed by atoms with Gasteiger partial charge in [-0.05, 0) is 41.8 Å². The molecule has 0 fully saturated rings. The normalized spacial score (nSPS) is 12.7. The third-order valence-electron chi connectivity index (χ3n) is 3.51. The van der Waals surface area contributed by atoms with Crippen LogP contribution in [0.3, 0.4) is 0 Å². The van der Waals surface area contributed by atoms with E-state index in [-0.39, 0.29) is 10.6 Å². The van der Waals surface area contributed by atoms with Crippen molar-refractivity contribution in [3.05, 3.63) is 69.2 Å². The molecule has 0 saturated carbocycles. The predicted molar refractivity (Wildman–Crippen MR) is 88.3 cm³/mol. The second-order valence-electron chi connectivity index (χ2n) is 4.95. The quantitative estimate of drug-likeness (QED) is 0.641. The number of rotatable bonds is 3. The summed E-state index contributed by atoms with van der Waals surface area (Å²) in [6.45, 7) is 0. The van der Waals surface area contributed by atoms with Crippen LogP contribution in [0.2, 0.25) is 5.02 Å². The molecule has 21 heavy (non-hydrogen) atoms. The lowest BCUT2D eigenvalue weighted by molar-refractivity contribution is 0.528. The minimum absolute atomic E-state index is 0.147. The summed E-state index contributed by atoms with van der Waals surface area (Å²) in [5, 5.41) is 0.734. The first-order valence-electron chi connectivity index (χ1n) is 6.52. The standard InChI is InChI=1S/C16H13BrClNO2/c1-19-14-7-4-11(9-15(14)21-16(19)20)13(17)8-10-2-5-12(18)6-3-10/h2-7,9,13H,8H2,1H3. The lowest BCUT2D eigenvalue weighted by atomic mass is 10.0. The molecule has 3 nitrogen and oxygen atoms in total. The van der Waals surface area contributed by atoms with Gasteiger partial charge in [0.2, 0.25) is 0 Å². The molecule has 3 aromatic rings. The Kier molecular flexibility index (Phi) is 3.91. The molecule has 0 spiro atoms. The van der Waals surface area contributed by atoms with E-state index in [0.29, 0.717) is 5.58 Å². The highest BCUT2D eigenvalue weighted by Gasteiger charge is 2.12. The topological polar surface area (TPSA) is 35.1 Å². The Bertz CT molecular complexity index is 836. The summed E-state index contributed by atoms with van der Waals surface area (Å²) in [6, 6.07) is 13.6. The van der Waals surface area contributed by atoms with E-state index >= 15 is 0 Å². The number of benzene rings is 2. The van der Waals surface area contributed by atoms with E-state index in [1.165, 1.54) is 10.1 Å². The largest absolute Gasteiger partial charge is 0.419 e. The molecule has 1 unspecified atom stereocenters. The van der Waals surface area contributed by atoms with E-state index < -0.39 is 0 Å². The van der Waals surface area contributed by atoms with Gasteiger partial charge in [0.25, 0.3) is 0 Å². The van der Waals surface area contributed by atoms with Crippen molar-refractivity contribution in [1.82, 2.24) is 4.57 Å². The highest BCUT2D eigenvalue weighted by molar-refractivity contribution is 9.09. The fraction of sp³-hybridized carbons (Fsp3) is 0.188. The number of hydrogen-bond acceptors (Lipinski definition) is 2. The van der Waals surface area contributed by atoms with E-state index in [2.05, 4.69) is 15.9 Å². The molecule has 2 aromatic carbocycles. The number of oxazole rings is 1. The number of alkyl halides is 1. The van der Waals surface area contributed by atoms with Gasteiger partial charge in [-0.25, -0.2) is 4.79 Å². The summed E-state index contributed by atoms with van der Waals surface area (Å²) < 4.78 is 6.73. The van der Waals surface area contributed by atoms with Crippen LogP contribution in [-0.2, 0) is 13.5 Å². The van der Waals surface area contributed by atoms with Crippen molar-refractivity contribution in [2.24, 2.45) is 7.05 Å². The molecule has 0 aliphatic carbocycles. The minimum atomic E-state index is -0.342. The van der Waals surface area contributed by atoms with E-state index in [1.807, 2.05) is 42.5 Å². The Hall–Kier alpha value is -1.52. The van der Waals surface area contributed by atoms with Crippen molar-refractivity contribution < 1.29 is 4.42 Å². The van der Waals surface area contributed by atoms with Crippen molar-refractivity contribution in [3.63, 3.8) is 0 Å². The second-order valence-corrected chi connectivity index (χ2v) is 6.49. The number of fused-ring (bicyclic) bond motifs is 1. The molecule has 0 amide bonds. The Morgan fingerprint density at radius 2 is 1.95 bits per heavy atom. The lowest BCUT2D eigenvalue weighted by Crippen LogP contribution is -2.08. The van der Waals surface area contributed by atoms with Gasteiger partial charge in [-0.15, -0.1) is 0 Å². The molecule has 1 aromatic heterocycles. The van der Waals surface area contributed by atoms with Gasteiger partial charge < -0.3 is 4.42 Å². The lowest BCUT2D eigenvalue weighted by Gasteiger charge is -2.10. The van der Waals surface area contributed by atoms with Gasteiger partial charge in [-0.1, -0.05) is 45.7 Å². The van der Waals surface area contributed by atoms with Crippen LogP contribution in [-0.4, -0.2) is 4.57 Å². The van der Waals surface area contributed by atoms with Gasteiger partial charge in [-0.3, -0.25) is 4.57 Å². The van der Waals surface area contributed by atoms with Crippen LogP contribution in [0.1, 0.15) is 16.0 Å². The van der Waals surface area contributed by atoms with Crippen LogP contribution in [0.5, 0.6) is 0 Å². The molecule has 1 heterocycles. The van der Waals surface area contributed by atoms with Crippen LogP contribution in [0.4, 0.5) is 0 Å². The Labute approximate surface area is 135 Å². The molecular formula is C16H13BrClNO2. The molecule has 108 valence electrons. The fourth-order valence-electron chi connectivity index (χ4n) is 2.29. The number of nitrogens with zero attached hydrogens (tertiary/aromatic N) is 1. The van der Waals surface area contributed by atoms with Crippen molar-refractivity contribution >= 4 is 38.6 Å². The zero-order valence-electron chi connectivity index (χ0n) is 11.3. The minimum Gasteiger partial charge on any atom is -0.408 e. The summed E-state index contributed by atoms with van der Waals surface area (Å²) in [5.74, 6) is -0.342. The summed E-state index contributed by atoms with van der Waals surface area (Å²) in [5.41, 5.74) is 3.68. The van der Waals surface area contributed by atoms with Crippen molar-refractivity contribution in [1.29, 1.82) is 0 Å². The van der Waals surface area contributed by atoms with E-state index in [4.69, 9.17) is 16.0 Å². The molecule has 1 atom stereocenters. The number of aromatic nitrogens is 1. The molecule has 0 aliphatic heterocycles. The molecule has 0 saturated heterocycles. The number of hydrogen-bond donors (Lipinski definition) is 0. The molecular weight excluding hydrogens is 354 g/mol. The van der Waals surface area contributed by atoms with Crippen molar-refractivity contribution in [2.45, 2.75) is 11.2 Å². The first kappa shape index (κ1) is 14.4. The van der Waals surface area contributed by atoms with Gasteiger partial charge in [0, 0.05) is 16.9 Å². The Morgan fingerprint density at radius 3 is 2.67 bits per heavy atom. The molecule has 5 heteroatoms.